The fourth-order valence-electron chi connectivity index (χ4n) is 3.49. The highest BCUT2D eigenvalue weighted by molar-refractivity contribution is 5.25. The monoisotopic (exact) mass is 278 g/mol. The second-order valence-electron chi connectivity index (χ2n) is 5.86. The van der Waals surface area contributed by atoms with E-state index < -0.39 is 0 Å². The maximum atomic E-state index is 13.5. The molecule has 1 aliphatic carbocycles. The first-order chi connectivity index (χ1) is 9.78. The van der Waals surface area contributed by atoms with Gasteiger partial charge in [-0.2, -0.15) is 0 Å². The van der Waals surface area contributed by atoms with Crippen LogP contribution < -0.4 is 5.73 Å². The van der Waals surface area contributed by atoms with Crippen LogP contribution in [0.2, 0.25) is 0 Å². The van der Waals surface area contributed by atoms with Gasteiger partial charge in [0.1, 0.15) is 5.82 Å². The number of nitrogens with zero attached hydrogens (tertiary/aromatic N) is 1. The minimum absolute atomic E-state index is 0.200. The smallest absolute Gasteiger partial charge is 0.127 e. The zero-order chi connectivity index (χ0) is 13.9. The number of fused-ring (bicyclic) bond motifs is 1. The van der Waals surface area contributed by atoms with Crippen LogP contribution in [-0.4, -0.2) is 30.2 Å². The van der Waals surface area contributed by atoms with E-state index in [1.807, 2.05) is 12.1 Å². The van der Waals surface area contributed by atoms with Gasteiger partial charge in [-0.1, -0.05) is 25.0 Å². The number of benzene rings is 1. The van der Waals surface area contributed by atoms with Gasteiger partial charge >= 0.3 is 0 Å². The molecule has 1 heterocycles. The van der Waals surface area contributed by atoms with Crippen molar-refractivity contribution in [3.8, 4) is 0 Å². The standard InChI is InChI=1S/C16H23FN2O/c17-14-6-5-12(9-13(14)10-18)11-19-7-8-20-16-4-2-1-3-15(16)19/h5-6,9,15-16H,1-4,7-8,10-11,18H2. The van der Waals surface area contributed by atoms with E-state index >= 15 is 0 Å². The Morgan fingerprint density at radius 2 is 2.15 bits per heavy atom. The summed E-state index contributed by atoms with van der Waals surface area (Å²) in [5.41, 5.74) is 7.34. The Kier molecular flexibility index (Phi) is 4.34. The second-order valence-corrected chi connectivity index (χ2v) is 5.86. The predicted octanol–water partition coefficient (Wildman–Crippen LogP) is 2.43. The van der Waals surface area contributed by atoms with E-state index in [4.69, 9.17) is 10.5 Å². The molecule has 2 fully saturated rings. The lowest BCUT2D eigenvalue weighted by Crippen LogP contribution is -2.52. The Balaban J connectivity index is 1.72. The van der Waals surface area contributed by atoms with Gasteiger partial charge < -0.3 is 10.5 Å². The van der Waals surface area contributed by atoms with E-state index in [1.54, 1.807) is 0 Å². The average molecular weight is 278 g/mol. The third-order valence-electron chi connectivity index (χ3n) is 4.56. The first kappa shape index (κ1) is 14.0. The highest BCUT2D eigenvalue weighted by Crippen LogP contribution is 2.29. The summed E-state index contributed by atoms with van der Waals surface area (Å²) in [6.07, 6.45) is 5.36. The van der Waals surface area contributed by atoms with Crippen molar-refractivity contribution in [3.63, 3.8) is 0 Å². The zero-order valence-corrected chi connectivity index (χ0v) is 11.9. The largest absolute Gasteiger partial charge is 0.375 e. The summed E-state index contributed by atoms with van der Waals surface area (Å²) >= 11 is 0. The van der Waals surface area contributed by atoms with E-state index in [0.29, 0.717) is 17.7 Å². The van der Waals surface area contributed by atoms with E-state index in [1.165, 1.54) is 31.7 Å². The summed E-state index contributed by atoms with van der Waals surface area (Å²) in [7, 11) is 0. The topological polar surface area (TPSA) is 38.5 Å². The van der Waals surface area contributed by atoms with Crippen molar-refractivity contribution >= 4 is 0 Å². The number of hydrogen-bond donors (Lipinski definition) is 1. The summed E-state index contributed by atoms with van der Waals surface area (Å²) in [5.74, 6) is -0.200. The van der Waals surface area contributed by atoms with Crippen molar-refractivity contribution in [2.75, 3.05) is 13.2 Å². The van der Waals surface area contributed by atoms with Crippen molar-refractivity contribution in [1.29, 1.82) is 0 Å². The predicted molar refractivity (Wildman–Crippen MR) is 76.7 cm³/mol. The summed E-state index contributed by atoms with van der Waals surface area (Å²) in [5, 5.41) is 0. The van der Waals surface area contributed by atoms with Crippen molar-refractivity contribution in [2.24, 2.45) is 5.73 Å². The van der Waals surface area contributed by atoms with Crippen molar-refractivity contribution in [1.82, 2.24) is 4.90 Å². The Bertz CT molecular complexity index is 464. The van der Waals surface area contributed by atoms with E-state index in [0.717, 1.165) is 25.3 Å². The van der Waals surface area contributed by atoms with Crippen LogP contribution in [-0.2, 0) is 17.8 Å². The lowest BCUT2D eigenvalue weighted by atomic mass is 9.90. The van der Waals surface area contributed by atoms with Gasteiger partial charge in [0.15, 0.2) is 0 Å². The molecule has 0 spiro atoms. The number of nitrogens with two attached hydrogens (primary N) is 1. The van der Waals surface area contributed by atoms with Gasteiger partial charge in [0.2, 0.25) is 0 Å². The number of ether oxygens (including phenoxy) is 1. The average Bonchev–Trinajstić information content (AvgIpc) is 2.49. The number of hydrogen-bond acceptors (Lipinski definition) is 3. The number of halogens is 1. The van der Waals surface area contributed by atoms with Gasteiger partial charge in [-0.05, 0) is 24.5 Å². The molecule has 0 amide bonds. The molecule has 110 valence electrons. The summed E-state index contributed by atoms with van der Waals surface area (Å²) < 4.78 is 19.4. The Hall–Kier alpha value is -0.970. The van der Waals surface area contributed by atoms with Crippen molar-refractivity contribution in [2.45, 2.75) is 50.9 Å². The molecule has 3 rings (SSSR count). The molecule has 20 heavy (non-hydrogen) atoms. The normalized spacial score (nSPS) is 27.3. The molecule has 2 atom stereocenters. The Labute approximate surface area is 119 Å². The first-order valence-corrected chi connectivity index (χ1v) is 7.61. The molecule has 2 aliphatic rings. The molecule has 2 N–H and O–H groups in total. The molecule has 0 aromatic heterocycles. The highest BCUT2D eigenvalue weighted by Gasteiger charge is 2.33. The maximum absolute atomic E-state index is 13.5. The zero-order valence-electron chi connectivity index (χ0n) is 11.9. The van der Waals surface area contributed by atoms with Crippen LogP contribution >= 0.6 is 0 Å². The van der Waals surface area contributed by atoms with Gasteiger partial charge in [-0.25, -0.2) is 4.39 Å². The van der Waals surface area contributed by atoms with Crippen LogP contribution in [0, 0.1) is 5.82 Å². The fraction of sp³-hybridized carbons (Fsp3) is 0.625. The van der Waals surface area contributed by atoms with Gasteiger partial charge in [-0.3, -0.25) is 4.90 Å². The first-order valence-electron chi connectivity index (χ1n) is 7.61. The lowest BCUT2D eigenvalue weighted by Gasteiger charge is -2.44. The molecule has 4 heteroatoms. The van der Waals surface area contributed by atoms with Gasteiger partial charge in [0.25, 0.3) is 0 Å². The molecular formula is C16H23FN2O. The van der Waals surface area contributed by atoms with Crippen LogP contribution in [0.1, 0.15) is 36.8 Å². The molecule has 1 aromatic rings. The van der Waals surface area contributed by atoms with Crippen LogP contribution in [0.25, 0.3) is 0 Å². The third-order valence-corrected chi connectivity index (χ3v) is 4.56. The van der Waals surface area contributed by atoms with Crippen LogP contribution in [0.3, 0.4) is 0 Å². The molecule has 1 aromatic carbocycles. The van der Waals surface area contributed by atoms with Crippen molar-refractivity contribution in [3.05, 3.63) is 35.1 Å². The molecular weight excluding hydrogens is 255 g/mol. The van der Waals surface area contributed by atoms with Gasteiger partial charge in [0, 0.05) is 31.2 Å². The second kappa shape index (κ2) is 6.20. The quantitative estimate of drug-likeness (QED) is 0.923. The molecule has 1 aliphatic heterocycles. The molecule has 1 saturated heterocycles. The Morgan fingerprint density at radius 1 is 1.30 bits per heavy atom. The SMILES string of the molecule is NCc1cc(CN2CCOC3CCCCC32)ccc1F. The summed E-state index contributed by atoms with van der Waals surface area (Å²) in [6, 6.07) is 5.85. The van der Waals surface area contributed by atoms with Crippen LogP contribution in [0.15, 0.2) is 18.2 Å². The van der Waals surface area contributed by atoms with Gasteiger partial charge in [0.05, 0.1) is 12.7 Å². The molecule has 3 nitrogen and oxygen atoms in total. The molecule has 0 radical (unpaired) electrons. The minimum atomic E-state index is -0.200. The molecule has 1 saturated carbocycles. The third kappa shape index (κ3) is 2.87. The lowest BCUT2D eigenvalue weighted by molar-refractivity contribution is -0.0911. The highest BCUT2D eigenvalue weighted by atomic mass is 19.1. The van der Waals surface area contributed by atoms with Crippen LogP contribution in [0.4, 0.5) is 4.39 Å². The van der Waals surface area contributed by atoms with Crippen molar-refractivity contribution < 1.29 is 9.13 Å². The van der Waals surface area contributed by atoms with Gasteiger partial charge in [-0.15, -0.1) is 0 Å². The van der Waals surface area contributed by atoms with Crippen LogP contribution in [0.5, 0.6) is 0 Å². The fourth-order valence-corrected chi connectivity index (χ4v) is 3.49. The number of morpholine rings is 1. The maximum Gasteiger partial charge on any atom is 0.127 e. The van der Waals surface area contributed by atoms with E-state index in [-0.39, 0.29) is 12.4 Å². The Morgan fingerprint density at radius 3 is 3.00 bits per heavy atom. The minimum Gasteiger partial charge on any atom is -0.375 e. The van der Waals surface area contributed by atoms with E-state index in [9.17, 15) is 4.39 Å². The summed E-state index contributed by atoms with van der Waals surface area (Å²) in [6.45, 7) is 2.91. The molecule has 2 unspecified atom stereocenters. The molecule has 0 bridgehead atoms. The van der Waals surface area contributed by atoms with E-state index in [2.05, 4.69) is 4.90 Å². The summed E-state index contributed by atoms with van der Waals surface area (Å²) in [4.78, 5) is 2.50. The number of rotatable bonds is 3.